The van der Waals surface area contributed by atoms with Gasteiger partial charge in [-0.05, 0) is 32.6 Å². The number of hydrogen-bond acceptors (Lipinski definition) is 7. The number of nitro benzene ring substituents is 1. The predicted molar refractivity (Wildman–Crippen MR) is 108 cm³/mol. The molecule has 8 nitrogen and oxygen atoms in total. The van der Waals surface area contributed by atoms with Gasteiger partial charge in [0.25, 0.3) is 5.69 Å². The van der Waals surface area contributed by atoms with Gasteiger partial charge < -0.3 is 19.1 Å². The van der Waals surface area contributed by atoms with Crippen LogP contribution in [-0.2, 0) is 4.74 Å². The van der Waals surface area contributed by atoms with Crippen molar-refractivity contribution in [3.63, 3.8) is 0 Å². The topological polar surface area (TPSA) is 77.3 Å². The van der Waals surface area contributed by atoms with Gasteiger partial charge in [-0.25, -0.2) is 0 Å². The van der Waals surface area contributed by atoms with Crippen molar-refractivity contribution in [1.82, 2.24) is 4.90 Å². The average Bonchev–Trinajstić information content (AvgIpc) is 2.66. The molecule has 2 heterocycles. The second kappa shape index (κ2) is 8.96. The number of nitrogens with zero attached hydrogens (tertiary/aromatic N) is 3. The maximum atomic E-state index is 11.6. The molecule has 0 aromatic heterocycles. The van der Waals surface area contributed by atoms with Gasteiger partial charge in [-0.3, -0.25) is 15.0 Å². The number of hydrogen-bond donors (Lipinski definition) is 0. The van der Waals surface area contributed by atoms with Crippen molar-refractivity contribution >= 4 is 11.4 Å². The predicted octanol–water partition coefficient (Wildman–Crippen LogP) is 2.94. The number of rotatable bonds is 6. The van der Waals surface area contributed by atoms with Crippen LogP contribution in [0.2, 0.25) is 0 Å². The minimum absolute atomic E-state index is 0.0620. The molecule has 2 aliphatic rings. The second-order valence-corrected chi connectivity index (χ2v) is 7.86. The molecular weight excluding hydrogens is 362 g/mol. The molecule has 0 bridgehead atoms. The van der Waals surface area contributed by atoms with Crippen molar-refractivity contribution in [1.29, 1.82) is 0 Å². The molecule has 0 N–H and O–H groups in total. The van der Waals surface area contributed by atoms with Crippen molar-refractivity contribution in [2.75, 3.05) is 51.8 Å². The summed E-state index contributed by atoms with van der Waals surface area (Å²) in [6.45, 7) is 8.88. The Labute approximate surface area is 166 Å². The van der Waals surface area contributed by atoms with Crippen molar-refractivity contribution in [3.8, 4) is 11.5 Å². The van der Waals surface area contributed by atoms with Crippen LogP contribution >= 0.6 is 0 Å². The molecule has 2 fully saturated rings. The van der Waals surface area contributed by atoms with Gasteiger partial charge in [0.15, 0.2) is 11.5 Å². The molecule has 156 valence electrons. The van der Waals surface area contributed by atoms with Gasteiger partial charge >= 0.3 is 0 Å². The quantitative estimate of drug-likeness (QED) is 0.543. The lowest BCUT2D eigenvalue weighted by Crippen LogP contribution is -2.48. The zero-order valence-electron chi connectivity index (χ0n) is 17.2. The number of morpholine rings is 1. The molecule has 2 aliphatic heterocycles. The summed E-state index contributed by atoms with van der Waals surface area (Å²) in [5.41, 5.74) is 0.668. The average molecular weight is 393 g/mol. The fourth-order valence-corrected chi connectivity index (χ4v) is 4.41. The monoisotopic (exact) mass is 393 g/mol. The number of ether oxygens (including phenoxy) is 3. The summed E-state index contributed by atoms with van der Waals surface area (Å²) >= 11 is 0. The Morgan fingerprint density at radius 2 is 1.68 bits per heavy atom. The third-order valence-electron chi connectivity index (χ3n) is 5.64. The molecule has 3 rings (SSSR count). The maximum Gasteiger partial charge on any atom is 0.296 e. The van der Waals surface area contributed by atoms with Crippen LogP contribution in [-0.4, -0.2) is 69.0 Å². The summed E-state index contributed by atoms with van der Waals surface area (Å²) in [5.74, 6) is 1.50. The van der Waals surface area contributed by atoms with Crippen molar-refractivity contribution in [2.24, 2.45) is 5.92 Å². The summed E-state index contributed by atoms with van der Waals surface area (Å²) in [7, 11) is 3.03. The Morgan fingerprint density at radius 1 is 1.11 bits per heavy atom. The van der Waals surface area contributed by atoms with E-state index in [-0.39, 0.29) is 22.8 Å². The highest BCUT2D eigenvalue weighted by atomic mass is 16.6. The Hall–Kier alpha value is -2.06. The first-order valence-electron chi connectivity index (χ1n) is 9.94. The third kappa shape index (κ3) is 4.67. The molecule has 1 aromatic carbocycles. The van der Waals surface area contributed by atoms with E-state index < -0.39 is 0 Å². The normalized spacial score (nSPS) is 24.2. The van der Waals surface area contributed by atoms with Crippen molar-refractivity contribution < 1.29 is 19.1 Å². The highest BCUT2D eigenvalue weighted by Gasteiger charge is 2.29. The molecule has 0 spiro atoms. The van der Waals surface area contributed by atoms with E-state index in [0.29, 0.717) is 23.1 Å². The zero-order valence-corrected chi connectivity index (χ0v) is 17.2. The van der Waals surface area contributed by atoms with Crippen LogP contribution in [0.4, 0.5) is 11.4 Å². The summed E-state index contributed by atoms with van der Waals surface area (Å²) in [6, 6.07) is 3.18. The lowest BCUT2D eigenvalue weighted by atomic mass is 9.95. The van der Waals surface area contributed by atoms with Gasteiger partial charge in [-0.15, -0.1) is 0 Å². The van der Waals surface area contributed by atoms with E-state index >= 15 is 0 Å². The smallest absolute Gasteiger partial charge is 0.296 e. The summed E-state index contributed by atoms with van der Waals surface area (Å²) < 4.78 is 16.4. The first kappa shape index (κ1) is 20.7. The highest BCUT2D eigenvalue weighted by molar-refractivity contribution is 5.70. The number of piperidine rings is 1. The van der Waals surface area contributed by atoms with Crippen molar-refractivity contribution in [3.05, 3.63) is 22.2 Å². The highest BCUT2D eigenvalue weighted by Crippen LogP contribution is 2.40. The van der Waals surface area contributed by atoms with Crippen LogP contribution in [0, 0.1) is 16.0 Å². The Balaban J connectivity index is 1.66. The van der Waals surface area contributed by atoms with Crippen LogP contribution in [0.5, 0.6) is 11.5 Å². The molecule has 0 saturated carbocycles. The van der Waals surface area contributed by atoms with E-state index in [1.807, 2.05) is 0 Å². The lowest BCUT2D eigenvalue weighted by molar-refractivity contribution is -0.384. The molecule has 2 unspecified atom stereocenters. The first-order chi connectivity index (χ1) is 13.4. The molecule has 28 heavy (non-hydrogen) atoms. The van der Waals surface area contributed by atoms with Gasteiger partial charge in [0.2, 0.25) is 0 Å². The van der Waals surface area contributed by atoms with Crippen LogP contribution in [0.25, 0.3) is 0 Å². The summed E-state index contributed by atoms with van der Waals surface area (Å²) in [4.78, 5) is 15.8. The van der Waals surface area contributed by atoms with Crippen molar-refractivity contribution in [2.45, 2.75) is 38.9 Å². The standard InChI is InChI=1S/C20H31N3O5/c1-14-11-21(12-15(2)28-14)13-16-5-7-22(8-6-16)17-9-19(26-3)20(27-4)10-18(17)23(24)25/h9-10,14-16H,5-8,11-13H2,1-4H3. The summed E-state index contributed by atoms with van der Waals surface area (Å²) in [6.07, 6.45) is 2.59. The number of anilines is 1. The van der Waals surface area contributed by atoms with Gasteiger partial charge in [-0.1, -0.05) is 0 Å². The minimum Gasteiger partial charge on any atom is -0.493 e. The first-order valence-corrected chi connectivity index (χ1v) is 9.94. The number of benzene rings is 1. The van der Waals surface area contributed by atoms with E-state index in [9.17, 15) is 10.1 Å². The molecule has 0 amide bonds. The largest absolute Gasteiger partial charge is 0.493 e. The Morgan fingerprint density at radius 3 is 2.21 bits per heavy atom. The number of nitro groups is 1. The van der Waals surface area contributed by atoms with Crippen LogP contribution < -0.4 is 14.4 Å². The maximum absolute atomic E-state index is 11.6. The minimum atomic E-state index is -0.347. The fourth-order valence-electron chi connectivity index (χ4n) is 4.41. The van der Waals surface area contributed by atoms with E-state index in [2.05, 4.69) is 23.6 Å². The molecular formula is C20H31N3O5. The molecule has 0 radical (unpaired) electrons. The second-order valence-electron chi connectivity index (χ2n) is 7.86. The Kier molecular flexibility index (Phi) is 6.61. The lowest BCUT2D eigenvalue weighted by Gasteiger charge is -2.40. The molecule has 8 heteroatoms. The van der Waals surface area contributed by atoms with Crippen LogP contribution in [0.1, 0.15) is 26.7 Å². The molecule has 2 saturated heterocycles. The van der Waals surface area contributed by atoms with Gasteiger partial charge in [-0.2, -0.15) is 0 Å². The van der Waals surface area contributed by atoms with E-state index in [1.54, 1.807) is 13.2 Å². The fraction of sp³-hybridized carbons (Fsp3) is 0.700. The summed E-state index contributed by atoms with van der Waals surface area (Å²) in [5, 5.41) is 11.6. The molecule has 0 aliphatic carbocycles. The van der Waals surface area contributed by atoms with E-state index in [1.165, 1.54) is 13.2 Å². The van der Waals surface area contributed by atoms with Crippen LogP contribution in [0.15, 0.2) is 12.1 Å². The van der Waals surface area contributed by atoms with E-state index in [0.717, 1.165) is 45.6 Å². The SMILES string of the molecule is COc1cc(N2CCC(CN3CC(C)OC(C)C3)CC2)c([N+](=O)[O-])cc1OC. The van der Waals surface area contributed by atoms with Gasteiger partial charge in [0.1, 0.15) is 5.69 Å². The molecule has 2 atom stereocenters. The van der Waals surface area contributed by atoms with Gasteiger partial charge in [0.05, 0.1) is 37.4 Å². The zero-order chi connectivity index (χ0) is 20.3. The Bertz CT molecular complexity index is 681. The van der Waals surface area contributed by atoms with Gasteiger partial charge in [0, 0.05) is 38.8 Å². The molecule has 1 aromatic rings. The number of methoxy groups -OCH3 is 2. The third-order valence-corrected chi connectivity index (χ3v) is 5.64. The van der Waals surface area contributed by atoms with Crippen LogP contribution in [0.3, 0.4) is 0 Å². The van der Waals surface area contributed by atoms with E-state index in [4.69, 9.17) is 14.2 Å².